The van der Waals surface area contributed by atoms with Gasteiger partial charge in [-0.05, 0) is 18.2 Å². The fourth-order valence-corrected chi connectivity index (χ4v) is 1.50. The monoisotopic (exact) mass is 231 g/mol. The number of aromatic hydroxyl groups is 1. The average Bonchev–Trinajstić information content (AvgIpc) is 2.77. The third-order valence-corrected chi connectivity index (χ3v) is 2.39. The standard InChI is InChI=1S/C12H13N3O2/c1-15(2)12(17)10-7-9(13-14-10)8-5-3-4-6-11(8)16/h3-7,16H,1-2H3,(H,13,14). The Kier molecular flexibility index (Phi) is 2.82. The molecule has 0 atom stereocenters. The largest absolute Gasteiger partial charge is 0.507 e. The van der Waals surface area contributed by atoms with Crippen LogP contribution in [0.4, 0.5) is 0 Å². The summed E-state index contributed by atoms with van der Waals surface area (Å²) < 4.78 is 0. The van der Waals surface area contributed by atoms with Gasteiger partial charge in [-0.2, -0.15) is 5.10 Å². The second kappa shape index (κ2) is 4.29. The zero-order valence-electron chi connectivity index (χ0n) is 9.64. The van der Waals surface area contributed by atoms with Gasteiger partial charge in [0.2, 0.25) is 0 Å². The van der Waals surface area contributed by atoms with Crippen LogP contribution in [-0.2, 0) is 0 Å². The van der Waals surface area contributed by atoms with Gasteiger partial charge in [0.1, 0.15) is 11.4 Å². The Bertz CT molecular complexity index is 546. The van der Waals surface area contributed by atoms with Gasteiger partial charge in [-0.15, -0.1) is 0 Å². The van der Waals surface area contributed by atoms with Crippen molar-refractivity contribution >= 4 is 5.91 Å². The van der Waals surface area contributed by atoms with Crippen LogP contribution >= 0.6 is 0 Å². The predicted octanol–water partition coefficient (Wildman–Crippen LogP) is 1.48. The van der Waals surface area contributed by atoms with Crippen molar-refractivity contribution in [2.75, 3.05) is 14.1 Å². The normalized spacial score (nSPS) is 10.2. The summed E-state index contributed by atoms with van der Waals surface area (Å²) in [6.45, 7) is 0. The van der Waals surface area contributed by atoms with Crippen LogP contribution < -0.4 is 0 Å². The minimum Gasteiger partial charge on any atom is -0.507 e. The molecule has 0 radical (unpaired) electrons. The second-order valence-electron chi connectivity index (χ2n) is 3.88. The number of carbonyl (C=O) groups excluding carboxylic acids is 1. The Morgan fingerprint density at radius 1 is 1.35 bits per heavy atom. The van der Waals surface area contributed by atoms with Crippen molar-refractivity contribution in [1.29, 1.82) is 0 Å². The van der Waals surface area contributed by atoms with E-state index in [-0.39, 0.29) is 11.7 Å². The van der Waals surface area contributed by atoms with E-state index in [1.807, 2.05) is 0 Å². The van der Waals surface area contributed by atoms with Crippen molar-refractivity contribution < 1.29 is 9.90 Å². The van der Waals surface area contributed by atoms with E-state index in [0.717, 1.165) is 0 Å². The van der Waals surface area contributed by atoms with Gasteiger partial charge < -0.3 is 10.0 Å². The van der Waals surface area contributed by atoms with E-state index in [1.54, 1.807) is 44.4 Å². The van der Waals surface area contributed by atoms with E-state index in [1.165, 1.54) is 4.90 Å². The van der Waals surface area contributed by atoms with Gasteiger partial charge in [0.15, 0.2) is 0 Å². The number of hydrogen-bond acceptors (Lipinski definition) is 3. The molecule has 0 aliphatic heterocycles. The Hall–Kier alpha value is -2.30. The number of benzene rings is 1. The number of nitrogens with zero attached hydrogens (tertiary/aromatic N) is 2. The SMILES string of the molecule is CN(C)C(=O)c1cc(-c2ccccc2O)n[nH]1. The summed E-state index contributed by atoms with van der Waals surface area (Å²) in [4.78, 5) is 13.1. The van der Waals surface area contributed by atoms with E-state index in [9.17, 15) is 9.90 Å². The van der Waals surface area contributed by atoms with E-state index < -0.39 is 0 Å². The Morgan fingerprint density at radius 3 is 2.71 bits per heavy atom. The smallest absolute Gasteiger partial charge is 0.271 e. The highest BCUT2D eigenvalue weighted by atomic mass is 16.3. The lowest BCUT2D eigenvalue weighted by Crippen LogP contribution is -2.21. The third kappa shape index (κ3) is 2.13. The van der Waals surface area contributed by atoms with Crippen molar-refractivity contribution in [3.05, 3.63) is 36.0 Å². The molecule has 1 amide bonds. The summed E-state index contributed by atoms with van der Waals surface area (Å²) in [5.74, 6) is -0.0120. The van der Waals surface area contributed by atoms with E-state index >= 15 is 0 Å². The topological polar surface area (TPSA) is 69.2 Å². The van der Waals surface area contributed by atoms with Crippen LogP contribution in [0, 0.1) is 0 Å². The molecule has 0 unspecified atom stereocenters. The summed E-state index contributed by atoms with van der Waals surface area (Å²) in [5.41, 5.74) is 1.54. The molecule has 1 aromatic heterocycles. The van der Waals surface area contributed by atoms with Crippen molar-refractivity contribution in [2.24, 2.45) is 0 Å². The molecule has 1 aromatic carbocycles. The quantitative estimate of drug-likeness (QED) is 0.822. The second-order valence-corrected chi connectivity index (χ2v) is 3.88. The lowest BCUT2D eigenvalue weighted by atomic mass is 10.1. The molecule has 1 heterocycles. The van der Waals surface area contributed by atoms with E-state index in [0.29, 0.717) is 17.0 Å². The molecule has 17 heavy (non-hydrogen) atoms. The maximum atomic E-state index is 11.7. The fraction of sp³-hybridized carbons (Fsp3) is 0.167. The highest BCUT2D eigenvalue weighted by Crippen LogP contribution is 2.27. The van der Waals surface area contributed by atoms with Crippen molar-refractivity contribution in [3.8, 4) is 17.0 Å². The van der Waals surface area contributed by atoms with Crippen LogP contribution in [0.15, 0.2) is 30.3 Å². The fourth-order valence-electron chi connectivity index (χ4n) is 1.50. The number of amides is 1. The van der Waals surface area contributed by atoms with Crippen LogP contribution in [-0.4, -0.2) is 40.2 Å². The lowest BCUT2D eigenvalue weighted by Gasteiger charge is -2.06. The number of para-hydroxylation sites is 1. The van der Waals surface area contributed by atoms with Gasteiger partial charge in [0, 0.05) is 19.7 Å². The molecular weight excluding hydrogens is 218 g/mol. The highest BCUT2D eigenvalue weighted by Gasteiger charge is 2.13. The molecular formula is C12H13N3O2. The number of phenols is 1. The maximum Gasteiger partial charge on any atom is 0.271 e. The number of aromatic nitrogens is 2. The van der Waals surface area contributed by atoms with Crippen LogP contribution in [0.1, 0.15) is 10.5 Å². The number of hydrogen-bond donors (Lipinski definition) is 2. The van der Waals surface area contributed by atoms with Crippen molar-refractivity contribution in [1.82, 2.24) is 15.1 Å². The predicted molar refractivity (Wildman–Crippen MR) is 63.7 cm³/mol. The molecule has 5 heteroatoms. The van der Waals surface area contributed by atoms with Gasteiger partial charge in [-0.3, -0.25) is 9.89 Å². The first-order valence-corrected chi connectivity index (χ1v) is 5.15. The Balaban J connectivity index is 2.37. The van der Waals surface area contributed by atoms with Crippen LogP contribution in [0.25, 0.3) is 11.3 Å². The molecule has 2 aromatic rings. The van der Waals surface area contributed by atoms with Gasteiger partial charge >= 0.3 is 0 Å². The first-order valence-electron chi connectivity index (χ1n) is 5.15. The summed E-state index contributed by atoms with van der Waals surface area (Å²) in [5, 5.41) is 16.4. The number of carbonyl (C=O) groups is 1. The highest BCUT2D eigenvalue weighted by molar-refractivity contribution is 5.93. The zero-order valence-corrected chi connectivity index (χ0v) is 9.64. The number of H-pyrrole nitrogens is 1. The molecule has 5 nitrogen and oxygen atoms in total. The van der Waals surface area contributed by atoms with Crippen molar-refractivity contribution in [3.63, 3.8) is 0 Å². The van der Waals surface area contributed by atoms with Crippen LogP contribution in [0.2, 0.25) is 0 Å². The number of phenolic OH excluding ortho intramolecular Hbond substituents is 1. The van der Waals surface area contributed by atoms with Crippen molar-refractivity contribution in [2.45, 2.75) is 0 Å². The molecule has 0 fully saturated rings. The summed E-state index contributed by atoms with van der Waals surface area (Å²) in [6, 6.07) is 8.48. The van der Waals surface area contributed by atoms with E-state index in [2.05, 4.69) is 10.2 Å². The van der Waals surface area contributed by atoms with Crippen LogP contribution in [0.5, 0.6) is 5.75 Å². The van der Waals surface area contributed by atoms with Gasteiger partial charge in [0.25, 0.3) is 5.91 Å². The molecule has 88 valence electrons. The van der Waals surface area contributed by atoms with Gasteiger partial charge in [-0.1, -0.05) is 12.1 Å². The van der Waals surface area contributed by atoms with Crippen LogP contribution in [0.3, 0.4) is 0 Å². The molecule has 0 saturated heterocycles. The number of rotatable bonds is 2. The summed E-state index contributed by atoms with van der Waals surface area (Å²) in [7, 11) is 3.34. The molecule has 0 saturated carbocycles. The van der Waals surface area contributed by atoms with E-state index in [4.69, 9.17) is 0 Å². The molecule has 0 aliphatic rings. The minimum absolute atomic E-state index is 0.142. The summed E-state index contributed by atoms with van der Waals surface area (Å²) >= 11 is 0. The molecule has 0 bridgehead atoms. The third-order valence-electron chi connectivity index (χ3n) is 2.39. The Morgan fingerprint density at radius 2 is 2.06 bits per heavy atom. The number of nitrogens with one attached hydrogen (secondary N) is 1. The molecule has 2 N–H and O–H groups in total. The average molecular weight is 231 g/mol. The lowest BCUT2D eigenvalue weighted by molar-refractivity contribution is 0.0822. The first kappa shape index (κ1) is 11.2. The number of aromatic amines is 1. The maximum absolute atomic E-state index is 11.7. The summed E-state index contributed by atoms with van der Waals surface area (Å²) in [6.07, 6.45) is 0. The minimum atomic E-state index is -0.154. The molecule has 0 aliphatic carbocycles. The molecule has 0 spiro atoms. The zero-order chi connectivity index (χ0) is 12.4. The molecule has 2 rings (SSSR count). The Labute approximate surface area is 98.7 Å². The first-order chi connectivity index (χ1) is 8.09. The van der Waals surface area contributed by atoms with Gasteiger partial charge in [0.05, 0.1) is 5.69 Å². The van der Waals surface area contributed by atoms with Gasteiger partial charge in [-0.25, -0.2) is 0 Å².